The summed E-state index contributed by atoms with van der Waals surface area (Å²) in [7, 11) is 0. The summed E-state index contributed by atoms with van der Waals surface area (Å²) in [6.45, 7) is -0.344. The molecule has 6 nitrogen and oxygen atoms in total. The van der Waals surface area contributed by atoms with Gasteiger partial charge in [-0.3, -0.25) is 4.98 Å². The maximum absolute atomic E-state index is 14.7. The zero-order valence-electron chi connectivity index (χ0n) is 18.2. The van der Waals surface area contributed by atoms with Gasteiger partial charge in [-0.05, 0) is 48.0 Å². The molecule has 0 radical (unpaired) electrons. The number of nitrogens with one attached hydrogen (secondary N) is 1. The zero-order valence-corrected chi connectivity index (χ0v) is 18.2. The first kappa shape index (κ1) is 25.9. The second-order valence-electron chi connectivity index (χ2n) is 7.72. The van der Waals surface area contributed by atoms with E-state index >= 15 is 0 Å². The quantitative estimate of drug-likeness (QED) is 0.402. The van der Waals surface area contributed by atoms with Gasteiger partial charge < -0.3 is 10.1 Å². The highest BCUT2D eigenvalue weighted by atomic mass is 19.4. The van der Waals surface area contributed by atoms with E-state index in [1.807, 2.05) is 0 Å². The average Bonchev–Trinajstić information content (AvgIpc) is 3.24. The first-order valence-electron chi connectivity index (χ1n) is 10.3. The third kappa shape index (κ3) is 6.13. The number of amides is 2. The smallest absolute Gasteiger partial charge is 0.406 e. The number of aromatic nitrogens is 1. The van der Waals surface area contributed by atoms with E-state index in [1.54, 1.807) is 0 Å². The number of hydrazone groups is 1. The van der Waals surface area contributed by atoms with Crippen LogP contribution in [0.25, 0.3) is 0 Å². The lowest BCUT2D eigenvalue weighted by atomic mass is 9.93. The lowest BCUT2D eigenvalue weighted by Gasteiger charge is -2.17. The molecule has 0 saturated carbocycles. The summed E-state index contributed by atoms with van der Waals surface area (Å²) >= 11 is 0. The normalized spacial score (nSPS) is 15.9. The number of pyridine rings is 1. The van der Waals surface area contributed by atoms with Gasteiger partial charge in [-0.15, -0.1) is 13.2 Å². The van der Waals surface area contributed by atoms with E-state index in [-0.39, 0.29) is 29.6 Å². The molecule has 0 aliphatic carbocycles. The minimum Gasteiger partial charge on any atom is -0.406 e. The first-order valence-corrected chi connectivity index (χ1v) is 10.3. The number of nitrogens with zero attached hydrogens (tertiary/aromatic N) is 3. The van der Waals surface area contributed by atoms with Gasteiger partial charge in [0.15, 0.2) is 0 Å². The van der Waals surface area contributed by atoms with Gasteiger partial charge in [-0.1, -0.05) is 12.1 Å². The third-order valence-corrected chi connectivity index (χ3v) is 5.15. The molecule has 37 heavy (non-hydrogen) atoms. The van der Waals surface area contributed by atoms with Crippen molar-refractivity contribution in [1.82, 2.24) is 9.99 Å². The molecular weight excluding hydrogens is 516 g/mol. The van der Waals surface area contributed by atoms with Gasteiger partial charge in [-0.2, -0.15) is 18.3 Å². The van der Waals surface area contributed by atoms with Crippen LogP contribution in [0.4, 0.5) is 45.6 Å². The number of carbonyl (C=O) groups excluding carboxylic acids is 1. The van der Waals surface area contributed by atoms with Gasteiger partial charge in [0.25, 0.3) is 0 Å². The molecule has 1 unspecified atom stereocenters. The predicted octanol–water partition coefficient (Wildman–Crippen LogP) is 6.31. The standard InChI is InChI=1S/C23H14F8N4O2/c24-14-3-1-12(2-4-14)19-17(20-18(25)9-13(10-32-20)22(26,27)28)11-35(34-19)21(36)33-15-5-7-16(8-6-15)37-23(29,30)31/h1-10,17H,11H2,(H,33,36). The molecule has 194 valence electrons. The summed E-state index contributed by atoms with van der Waals surface area (Å²) in [6, 6.07) is 8.35. The van der Waals surface area contributed by atoms with E-state index in [4.69, 9.17) is 0 Å². The maximum Gasteiger partial charge on any atom is 0.573 e. The molecule has 0 bridgehead atoms. The maximum atomic E-state index is 14.7. The molecule has 1 aromatic heterocycles. The highest BCUT2D eigenvalue weighted by Crippen LogP contribution is 2.34. The Balaban J connectivity index is 1.60. The van der Waals surface area contributed by atoms with Crippen molar-refractivity contribution in [3.63, 3.8) is 0 Å². The fourth-order valence-electron chi connectivity index (χ4n) is 3.51. The second kappa shape index (κ2) is 9.67. The summed E-state index contributed by atoms with van der Waals surface area (Å²) in [5.74, 6) is -3.50. The number of hydrogen-bond acceptors (Lipinski definition) is 4. The molecule has 0 fully saturated rings. The van der Waals surface area contributed by atoms with Crippen LogP contribution in [0.1, 0.15) is 22.7 Å². The Morgan fingerprint density at radius 2 is 1.62 bits per heavy atom. The number of halogens is 8. The summed E-state index contributed by atoms with van der Waals surface area (Å²) in [5, 5.41) is 7.37. The van der Waals surface area contributed by atoms with Crippen molar-refractivity contribution in [2.24, 2.45) is 5.10 Å². The van der Waals surface area contributed by atoms with Crippen molar-refractivity contribution < 1.29 is 44.7 Å². The average molecular weight is 530 g/mol. The Morgan fingerprint density at radius 3 is 2.19 bits per heavy atom. The lowest BCUT2D eigenvalue weighted by Crippen LogP contribution is -2.30. The van der Waals surface area contributed by atoms with Crippen molar-refractivity contribution in [3.05, 3.63) is 89.2 Å². The fraction of sp³-hybridized carbons (Fsp3) is 0.174. The number of anilines is 1. The summed E-state index contributed by atoms with van der Waals surface area (Å²) in [4.78, 5) is 16.4. The molecule has 0 spiro atoms. The molecule has 2 heterocycles. The van der Waals surface area contributed by atoms with Crippen LogP contribution in [0.5, 0.6) is 5.75 Å². The van der Waals surface area contributed by atoms with Crippen LogP contribution in [0.3, 0.4) is 0 Å². The van der Waals surface area contributed by atoms with E-state index < -0.39 is 53.1 Å². The first-order chi connectivity index (χ1) is 17.3. The van der Waals surface area contributed by atoms with Crippen molar-refractivity contribution in [3.8, 4) is 5.75 Å². The van der Waals surface area contributed by atoms with Crippen LogP contribution in [0.2, 0.25) is 0 Å². The van der Waals surface area contributed by atoms with E-state index in [1.165, 1.54) is 12.1 Å². The molecule has 1 aliphatic rings. The number of urea groups is 1. The number of alkyl halides is 6. The second-order valence-corrected chi connectivity index (χ2v) is 7.72. The number of hydrogen-bond donors (Lipinski definition) is 1. The van der Waals surface area contributed by atoms with E-state index in [0.29, 0.717) is 6.20 Å². The largest absolute Gasteiger partial charge is 0.573 e. The van der Waals surface area contributed by atoms with E-state index in [0.717, 1.165) is 41.4 Å². The Bertz CT molecular complexity index is 1320. The van der Waals surface area contributed by atoms with Crippen LogP contribution in [0, 0.1) is 11.6 Å². The number of carbonyl (C=O) groups is 1. The summed E-state index contributed by atoms with van der Waals surface area (Å²) in [6.07, 6.45) is -9.28. The fourth-order valence-corrected chi connectivity index (χ4v) is 3.51. The Labute approximate surface area is 203 Å². The molecule has 1 aliphatic heterocycles. The van der Waals surface area contributed by atoms with Gasteiger partial charge in [0.1, 0.15) is 17.4 Å². The van der Waals surface area contributed by atoms with Crippen LogP contribution < -0.4 is 10.1 Å². The SMILES string of the molecule is O=C(Nc1ccc(OC(F)(F)F)cc1)N1CC(c2ncc(C(F)(F)F)cc2F)C(c2ccc(F)cc2)=N1. The molecule has 0 saturated heterocycles. The molecule has 2 aromatic carbocycles. The van der Waals surface area contributed by atoms with Gasteiger partial charge in [0.05, 0.1) is 29.4 Å². The molecule has 1 atom stereocenters. The highest BCUT2D eigenvalue weighted by Gasteiger charge is 2.37. The lowest BCUT2D eigenvalue weighted by molar-refractivity contribution is -0.274. The van der Waals surface area contributed by atoms with Gasteiger partial charge in [0, 0.05) is 11.9 Å². The van der Waals surface area contributed by atoms with Gasteiger partial charge in [0.2, 0.25) is 0 Å². The van der Waals surface area contributed by atoms with Crippen LogP contribution in [0.15, 0.2) is 65.9 Å². The molecule has 4 rings (SSSR count). The molecule has 1 N–H and O–H groups in total. The summed E-state index contributed by atoms with van der Waals surface area (Å²) < 4.78 is 108. The number of benzene rings is 2. The minimum absolute atomic E-state index is 0.0373. The van der Waals surface area contributed by atoms with Crippen molar-refractivity contribution in [1.29, 1.82) is 0 Å². The topological polar surface area (TPSA) is 66.8 Å². The predicted molar refractivity (Wildman–Crippen MR) is 114 cm³/mol. The Morgan fingerprint density at radius 1 is 0.973 bits per heavy atom. The van der Waals surface area contributed by atoms with E-state index in [2.05, 4.69) is 20.1 Å². The zero-order chi connectivity index (χ0) is 27.0. The van der Waals surface area contributed by atoms with Crippen molar-refractivity contribution >= 4 is 17.4 Å². The van der Waals surface area contributed by atoms with Crippen LogP contribution >= 0.6 is 0 Å². The van der Waals surface area contributed by atoms with Crippen molar-refractivity contribution in [2.75, 3.05) is 11.9 Å². The molecule has 14 heteroatoms. The molecule has 3 aromatic rings. The minimum atomic E-state index is -4.90. The monoisotopic (exact) mass is 530 g/mol. The van der Waals surface area contributed by atoms with Crippen LogP contribution in [-0.2, 0) is 6.18 Å². The highest BCUT2D eigenvalue weighted by molar-refractivity contribution is 6.07. The number of rotatable bonds is 4. The molecule has 2 amide bonds. The summed E-state index contributed by atoms with van der Waals surface area (Å²) in [5.41, 5.74) is -1.35. The van der Waals surface area contributed by atoms with Gasteiger partial charge in [-0.25, -0.2) is 18.6 Å². The van der Waals surface area contributed by atoms with Crippen molar-refractivity contribution in [2.45, 2.75) is 18.5 Å². The third-order valence-electron chi connectivity index (χ3n) is 5.15. The Kier molecular flexibility index (Phi) is 6.76. The van der Waals surface area contributed by atoms with Crippen LogP contribution in [-0.4, -0.2) is 34.6 Å². The molecular formula is C23H14F8N4O2. The Hall–Kier alpha value is -4.23. The van der Waals surface area contributed by atoms with Gasteiger partial charge >= 0.3 is 18.6 Å². The number of ether oxygens (including phenoxy) is 1. The van der Waals surface area contributed by atoms with E-state index in [9.17, 15) is 39.9 Å².